The number of sulfonamides is 1. The normalized spacial score (nSPS) is 11.5. The van der Waals surface area contributed by atoms with Gasteiger partial charge in [-0.2, -0.15) is 0 Å². The zero-order valence-corrected chi connectivity index (χ0v) is 13.5. The largest absolute Gasteiger partial charge is 0.497 e. The SMILES string of the molecule is COc1ccc(S(=O)(=O)NCc2cccc3ccccc23)cc1. The van der Waals surface area contributed by atoms with E-state index in [1.165, 1.54) is 12.1 Å². The van der Waals surface area contributed by atoms with Crippen molar-refractivity contribution in [3.8, 4) is 5.75 Å². The first-order valence-electron chi connectivity index (χ1n) is 7.20. The van der Waals surface area contributed by atoms with Crippen LogP contribution in [0.25, 0.3) is 10.8 Å². The monoisotopic (exact) mass is 327 g/mol. The van der Waals surface area contributed by atoms with Crippen LogP contribution in [0.2, 0.25) is 0 Å². The van der Waals surface area contributed by atoms with Gasteiger partial charge in [0.1, 0.15) is 5.75 Å². The van der Waals surface area contributed by atoms with E-state index in [4.69, 9.17) is 4.74 Å². The summed E-state index contributed by atoms with van der Waals surface area (Å²) in [7, 11) is -2.01. The average Bonchev–Trinajstić information content (AvgIpc) is 2.60. The van der Waals surface area contributed by atoms with E-state index in [9.17, 15) is 8.42 Å². The van der Waals surface area contributed by atoms with Crippen molar-refractivity contribution in [1.82, 2.24) is 4.72 Å². The fraction of sp³-hybridized carbons (Fsp3) is 0.111. The van der Waals surface area contributed by atoms with Gasteiger partial charge in [0, 0.05) is 6.54 Å². The van der Waals surface area contributed by atoms with Crippen molar-refractivity contribution in [3.63, 3.8) is 0 Å². The van der Waals surface area contributed by atoms with E-state index >= 15 is 0 Å². The number of rotatable bonds is 5. The quantitative estimate of drug-likeness (QED) is 0.782. The molecule has 118 valence electrons. The van der Waals surface area contributed by atoms with Crippen molar-refractivity contribution in [2.24, 2.45) is 0 Å². The molecular formula is C18H17NO3S. The van der Waals surface area contributed by atoms with Gasteiger partial charge in [-0.1, -0.05) is 42.5 Å². The molecular weight excluding hydrogens is 310 g/mol. The molecule has 0 saturated heterocycles. The molecule has 0 unspecified atom stereocenters. The Morgan fingerprint density at radius 1 is 0.913 bits per heavy atom. The average molecular weight is 327 g/mol. The Labute approximate surface area is 135 Å². The smallest absolute Gasteiger partial charge is 0.240 e. The summed E-state index contributed by atoms with van der Waals surface area (Å²) in [5.74, 6) is 0.623. The minimum Gasteiger partial charge on any atom is -0.497 e. The molecule has 3 aromatic carbocycles. The third kappa shape index (κ3) is 3.36. The van der Waals surface area contributed by atoms with E-state index in [2.05, 4.69) is 4.72 Å². The summed E-state index contributed by atoms with van der Waals surface area (Å²) in [4.78, 5) is 0.221. The molecule has 0 aliphatic rings. The molecule has 0 aliphatic heterocycles. The Bertz CT molecular complexity index is 913. The molecule has 0 radical (unpaired) electrons. The lowest BCUT2D eigenvalue weighted by Gasteiger charge is -2.10. The molecule has 3 aromatic rings. The minimum absolute atomic E-state index is 0.221. The molecule has 0 aliphatic carbocycles. The number of methoxy groups -OCH3 is 1. The maximum atomic E-state index is 12.4. The molecule has 4 nitrogen and oxygen atoms in total. The van der Waals surface area contributed by atoms with Gasteiger partial charge >= 0.3 is 0 Å². The summed E-state index contributed by atoms with van der Waals surface area (Å²) in [6, 6.07) is 20.1. The van der Waals surface area contributed by atoms with E-state index in [-0.39, 0.29) is 11.4 Å². The van der Waals surface area contributed by atoms with Gasteiger partial charge in [-0.3, -0.25) is 0 Å². The fourth-order valence-corrected chi connectivity index (χ4v) is 3.46. The van der Waals surface area contributed by atoms with E-state index < -0.39 is 10.0 Å². The third-order valence-electron chi connectivity index (χ3n) is 3.70. The summed E-state index contributed by atoms with van der Waals surface area (Å²) in [5.41, 5.74) is 0.945. The van der Waals surface area contributed by atoms with Crippen molar-refractivity contribution in [2.75, 3.05) is 7.11 Å². The Hall–Kier alpha value is -2.37. The molecule has 0 spiro atoms. The first-order chi connectivity index (χ1) is 11.1. The van der Waals surface area contributed by atoms with Gasteiger partial charge in [0.15, 0.2) is 0 Å². The van der Waals surface area contributed by atoms with Gasteiger partial charge in [-0.25, -0.2) is 13.1 Å². The molecule has 3 rings (SSSR count). The highest BCUT2D eigenvalue weighted by atomic mass is 32.2. The highest BCUT2D eigenvalue weighted by Crippen LogP contribution is 2.20. The van der Waals surface area contributed by atoms with Crippen LogP contribution in [0.5, 0.6) is 5.75 Å². The topological polar surface area (TPSA) is 55.4 Å². The Morgan fingerprint density at radius 3 is 2.35 bits per heavy atom. The molecule has 0 heterocycles. The molecule has 0 fully saturated rings. The molecule has 0 atom stereocenters. The fourth-order valence-electron chi connectivity index (χ4n) is 2.46. The van der Waals surface area contributed by atoms with Crippen LogP contribution >= 0.6 is 0 Å². The van der Waals surface area contributed by atoms with Crippen molar-refractivity contribution < 1.29 is 13.2 Å². The highest BCUT2D eigenvalue weighted by molar-refractivity contribution is 7.89. The molecule has 0 aromatic heterocycles. The second-order valence-electron chi connectivity index (χ2n) is 5.14. The molecule has 5 heteroatoms. The lowest BCUT2D eigenvalue weighted by molar-refractivity contribution is 0.414. The van der Waals surface area contributed by atoms with Crippen LogP contribution in [0.3, 0.4) is 0 Å². The maximum absolute atomic E-state index is 12.4. The summed E-state index contributed by atoms with van der Waals surface area (Å²) in [5, 5.41) is 2.14. The summed E-state index contributed by atoms with van der Waals surface area (Å²) in [6.07, 6.45) is 0. The van der Waals surface area contributed by atoms with Crippen LogP contribution < -0.4 is 9.46 Å². The van der Waals surface area contributed by atoms with Crippen LogP contribution in [0.15, 0.2) is 71.6 Å². The van der Waals surface area contributed by atoms with Crippen LogP contribution in [0.4, 0.5) is 0 Å². The van der Waals surface area contributed by atoms with Gasteiger partial charge in [-0.15, -0.1) is 0 Å². The Balaban J connectivity index is 1.83. The van der Waals surface area contributed by atoms with Gasteiger partial charge in [0.05, 0.1) is 12.0 Å². The second kappa shape index (κ2) is 6.40. The lowest BCUT2D eigenvalue weighted by atomic mass is 10.1. The molecule has 0 saturated carbocycles. The van der Waals surface area contributed by atoms with E-state index in [0.717, 1.165) is 16.3 Å². The van der Waals surface area contributed by atoms with Gasteiger partial charge in [-0.05, 0) is 40.6 Å². The zero-order chi connectivity index (χ0) is 16.3. The number of fused-ring (bicyclic) bond motifs is 1. The summed E-state index contributed by atoms with van der Waals surface area (Å²) < 4.78 is 32.5. The predicted octanol–water partition coefficient (Wildman–Crippen LogP) is 3.33. The minimum atomic E-state index is -3.56. The van der Waals surface area contributed by atoms with Gasteiger partial charge in [0.25, 0.3) is 0 Å². The number of nitrogens with one attached hydrogen (secondary N) is 1. The zero-order valence-electron chi connectivity index (χ0n) is 12.7. The predicted molar refractivity (Wildman–Crippen MR) is 91.0 cm³/mol. The maximum Gasteiger partial charge on any atom is 0.240 e. The van der Waals surface area contributed by atoms with E-state index in [0.29, 0.717) is 5.75 Å². The first kappa shape index (κ1) is 15.5. The number of hydrogen-bond donors (Lipinski definition) is 1. The van der Waals surface area contributed by atoms with Crippen molar-refractivity contribution in [1.29, 1.82) is 0 Å². The van der Waals surface area contributed by atoms with E-state index in [1.807, 2.05) is 42.5 Å². The second-order valence-corrected chi connectivity index (χ2v) is 6.91. The Kier molecular flexibility index (Phi) is 4.32. The van der Waals surface area contributed by atoms with Crippen molar-refractivity contribution in [3.05, 3.63) is 72.3 Å². The third-order valence-corrected chi connectivity index (χ3v) is 5.12. The number of ether oxygens (including phenoxy) is 1. The van der Waals surface area contributed by atoms with Crippen molar-refractivity contribution in [2.45, 2.75) is 11.4 Å². The van der Waals surface area contributed by atoms with Crippen LogP contribution in [0, 0.1) is 0 Å². The standard InChI is InChI=1S/C18H17NO3S/c1-22-16-9-11-17(12-10-16)23(20,21)19-13-15-7-4-6-14-5-2-3-8-18(14)15/h2-12,19H,13H2,1H3. The molecule has 1 N–H and O–H groups in total. The first-order valence-corrected chi connectivity index (χ1v) is 8.69. The van der Waals surface area contributed by atoms with Crippen LogP contribution in [-0.4, -0.2) is 15.5 Å². The molecule has 23 heavy (non-hydrogen) atoms. The van der Waals surface area contributed by atoms with Gasteiger partial charge in [0.2, 0.25) is 10.0 Å². The Morgan fingerprint density at radius 2 is 1.61 bits per heavy atom. The lowest BCUT2D eigenvalue weighted by Crippen LogP contribution is -2.23. The van der Waals surface area contributed by atoms with Gasteiger partial charge < -0.3 is 4.74 Å². The van der Waals surface area contributed by atoms with Crippen LogP contribution in [-0.2, 0) is 16.6 Å². The summed E-state index contributed by atoms with van der Waals surface area (Å²) >= 11 is 0. The molecule has 0 bridgehead atoms. The number of hydrogen-bond acceptors (Lipinski definition) is 3. The summed E-state index contributed by atoms with van der Waals surface area (Å²) in [6.45, 7) is 0.246. The van der Waals surface area contributed by atoms with Crippen LogP contribution in [0.1, 0.15) is 5.56 Å². The highest BCUT2D eigenvalue weighted by Gasteiger charge is 2.14. The van der Waals surface area contributed by atoms with E-state index in [1.54, 1.807) is 19.2 Å². The number of benzene rings is 3. The van der Waals surface area contributed by atoms with Crippen molar-refractivity contribution >= 4 is 20.8 Å². The molecule has 0 amide bonds.